The number of hydrogen-bond acceptors (Lipinski definition) is 6. The van der Waals surface area contributed by atoms with Gasteiger partial charge in [0.15, 0.2) is 0 Å². The molecule has 2 heterocycles. The van der Waals surface area contributed by atoms with Crippen LogP contribution in [0.1, 0.15) is 28.2 Å². The first-order valence-electron chi connectivity index (χ1n) is 6.70. The number of carboxylic acid groups (broad SMARTS) is 1. The van der Waals surface area contributed by atoms with E-state index in [0.29, 0.717) is 22.3 Å². The van der Waals surface area contributed by atoms with Gasteiger partial charge in [-0.3, -0.25) is 4.79 Å². The lowest BCUT2D eigenvalue weighted by molar-refractivity contribution is -0.139. The van der Waals surface area contributed by atoms with Crippen LogP contribution in [-0.2, 0) is 9.53 Å². The lowest BCUT2D eigenvalue weighted by atomic mass is 10.1. The summed E-state index contributed by atoms with van der Waals surface area (Å²) < 4.78 is 9.92. The summed E-state index contributed by atoms with van der Waals surface area (Å²) >= 11 is 0. The first-order chi connectivity index (χ1) is 10.4. The Hall–Kier alpha value is -2.48. The summed E-state index contributed by atoms with van der Waals surface area (Å²) in [5, 5.41) is 15.9. The zero-order valence-corrected chi connectivity index (χ0v) is 12.5. The topological polar surface area (TPSA) is 115 Å². The number of ether oxygens (including phenoxy) is 1. The van der Waals surface area contributed by atoms with Crippen molar-refractivity contribution < 1.29 is 24.0 Å². The Kier molecular flexibility index (Phi) is 4.71. The number of hydrogen-bond donors (Lipinski definition) is 2. The minimum Gasteiger partial charge on any atom is -0.480 e. The number of nitrogens with one attached hydrogen (secondary N) is 1. The minimum absolute atomic E-state index is 0.174. The van der Waals surface area contributed by atoms with Gasteiger partial charge in [-0.15, -0.1) is 0 Å². The van der Waals surface area contributed by atoms with Gasteiger partial charge in [-0.1, -0.05) is 5.16 Å². The van der Waals surface area contributed by atoms with E-state index in [1.54, 1.807) is 19.9 Å². The fourth-order valence-corrected chi connectivity index (χ4v) is 2.13. The molecule has 118 valence electrons. The first kappa shape index (κ1) is 15.9. The molecule has 8 heteroatoms. The van der Waals surface area contributed by atoms with Crippen LogP contribution in [0.3, 0.4) is 0 Å². The maximum absolute atomic E-state index is 12.4. The van der Waals surface area contributed by atoms with Crippen molar-refractivity contribution in [3.8, 4) is 0 Å². The number of fused-ring (bicyclic) bond motifs is 1. The number of aryl methyl sites for hydroxylation is 2. The van der Waals surface area contributed by atoms with Crippen molar-refractivity contribution in [3.63, 3.8) is 0 Å². The van der Waals surface area contributed by atoms with E-state index in [9.17, 15) is 9.59 Å². The van der Waals surface area contributed by atoms with E-state index < -0.39 is 17.9 Å². The third-order valence-electron chi connectivity index (χ3n) is 3.20. The molecule has 0 saturated heterocycles. The van der Waals surface area contributed by atoms with Crippen LogP contribution in [0.25, 0.3) is 11.1 Å². The Balaban J connectivity index is 2.32. The smallest absolute Gasteiger partial charge is 0.326 e. The SMILES string of the molecule is COCCC(NC(=O)c1cc(C)nc2onc(C)c12)C(=O)O. The lowest BCUT2D eigenvalue weighted by Crippen LogP contribution is -2.41. The van der Waals surface area contributed by atoms with Crippen LogP contribution >= 0.6 is 0 Å². The maximum atomic E-state index is 12.4. The zero-order valence-electron chi connectivity index (χ0n) is 12.5. The molecule has 0 spiro atoms. The van der Waals surface area contributed by atoms with Crippen LogP contribution in [0.2, 0.25) is 0 Å². The van der Waals surface area contributed by atoms with E-state index in [1.807, 2.05) is 0 Å². The summed E-state index contributed by atoms with van der Waals surface area (Å²) in [5.41, 5.74) is 1.66. The van der Waals surface area contributed by atoms with Gasteiger partial charge in [0, 0.05) is 25.8 Å². The lowest BCUT2D eigenvalue weighted by Gasteiger charge is -2.14. The second-order valence-corrected chi connectivity index (χ2v) is 4.91. The Morgan fingerprint density at radius 1 is 1.45 bits per heavy atom. The van der Waals surface area contributed by atoms with Gasteiger partial charge in [0.25, 0.3) is 11.6 Å². The number of rotatable bonds is 6. The first-order valence-corrected chi connectivity index (χ1v) is 6.70. The third kappa shape index (κ3) is 3.22. The molecule has 2 N–H and O–H groups in total. The van der Waals surface area contributed by atoms with E-state index in [4.69, 9.17) is 14.4 Å². The highest BCUT2D eigenvalue weighted by atomic mass is 16.5. The number of carbonyl (C=O) groups is 2. The van der Waals surface area contributed by atoms with Crippen molar-refractivity contribution in [2.45, 2.75) is 26.3 Å². The minimum atomic E-state index is -1.12. The average molecular weight is 307 g/mol. The molecule has 0 saturated carbocycles. The molecule has 0 bridgehead atoms. The number of aromatic nitrogens is 2. The van der Waals surface area contributed by atoms with Crippen molar-refractivity contribution in [1.29, 1.82) is 0 Å². The number of aliphatic carboxylic acids is 1. The summed E-state index contributed by atoms with van der Waals surface area (Å²) in [5.74, 6) is -1.63. The maximum Gasteiger partial charge on any atom is 0.326 e. The fourth-order valence-electron chi connectivity index (χ4n) is 2.13. The Morgan fingerprint density at radius 2 is 2.18 bits per heavy atom. The van der Waals surface area contributed by atoms with Crippen LogP contribution < -0.4 is 5.32 Å². The highest BCUT2D eigenvalue weighted by molar-refractivity contribution is 6.07. The standard InChI is InChI=1S/C14H17N3O5/c1-7-6-9(11-8(2)17-22-13(11)15-7)12(18)16-10(14(19)20)4-5-21-3/h6,10H,4-5H2,1-3H3,(H,16,18)(H,19,20). The molecular formula is C14H17N3O5. The summed E-state index contributed by atoms with van der Waals surface area (Å²) in [6.45, 7) is 3.64. The molecule has 1 unspecified atom stereocenters. The Labute approximate surface area is 126 Å². The number of carbonyl (C=O) groups excluding carboxylic acids is 1. The number of nitrogens with zero attached hydrogens (tertiary/aromatic N) is 2. The van der Waals surface area contributed by atoms with Gasteiger partial charge in [-0.2, -0.15) is 0 Å². The number of carboxylic acids is 1. The molecule has 0 aliphatic heterocycles. The second-order valence-electron chi connectivity index (χ2n) is 4.91. The molecule has 0 radical (unpaired) electrons. The van der Waals surface area contributed by atoms with E-state index in [1.165, 1.54) is 7.11 Å². The molecule has 0 aliphatic carbocycles. The van der Waals surface area contributed by atoms with Crippen LogP contribution in [0, 0.1) is 13.8 Å². The molecule has 1 atom stereocenters. The molecule has 1 amide bonds. The van der Waals surface area contributed by atoms with Crippen molar-refractivity contribution in [3.05, 3.63) is 23.0 Å². The van der Waals surface area contributed by atoms with Gasteiger partial charge in [-0.05, 0) is 19.9 Å². The molecule has 0 aromatic carbocycles. The van der Waals surface area contributed by atoms with Gasteiger partial charge < -0.3 is 19.7 Å². The number of amides is 1. The fraction of sp³-hybridized carbons (Fsp3) is 0.429. The highest BCUT2D eigenvalue weighted by Gasteiger charge is 2.23. The molecular weight excluding hydrogens is 290 g/mol. The van der Waals surface area contributed by atoms with Gasteiger partial charge in [0.05, 0.1) is 16.6 Å². The van der Waals surface area contributed by atoms with Crippen molar-refractivity contribution in [2.75, 3.05) is 13.7 Å². The monoisotopic (exact) mass is 307 g/mol. The van der Waals surface area contributed by atoms with E-state index in [2.05, 4.69) is 15.5 Å². The third-order valence-corrected chi connectivity index (χ3v) is 3.20. The molecule has 2 aromatic rings. The normalized spacial score (nSPS) is 12.3. The Morgan fingerprint density at radius 3 is 2.82 bits per heavy atom. The van der Waals surface area contributed by atoms with Gasteiger partial charge in [0.2, 0.25) is 0 Å². The summed E-state index contributed by atoms with van der Waals surface area (Å²) in [7, 11) is 1.47. The summed E-state index contributed by atoms with van der Waals surface area (Å²) in [6.07, 6.45) is 0.174. The predicted molar refractivity (Wildman–Crippen MR) is 76.7 cm³/mol. The molecule has 22 heavy (non-hydrogen) atoms. The van der Waals surface area contributed by atoms with Crippen molar-refractivity contribution in [2.24, 2.45) is 0 Å². The summed E-state index contributed by atoms with van der Waals surface area (Å²) in [6, 6.07) is 0.549. The van der Waals surface area contributed by atoms with Gasteiger partial charge in [-0.25, -0.2) is 9.78 Å². The van der Waals surface area contributed by atoms with Gasteiger partial charge >= 0.3 is 5.97 Å². The van der Waals surface area contributed by atoms with Crippen LogP contribution in [-0.4, -0.2) is 46.9 Å². The van der Waals surface area contributed by atoms with Crippen LogP contribution in [0.15, 0.2) is 10.6 Å². The largest absolute Gasteiger partial charge is 0.480 e. The highest BCUT2D eigenvalue weighted by Crippen LogP contribution is 2.21. The van der Waals surface area contributed by atoms with Crippen LogP contribution in [0.4, 0.5) is 0 Å². The molecule has 2 aromatic heterocycles. The Bertz CT molecular complexity index is 710. The molecule has 2 rings (SSSR count). The number of methoxy groups -OCH3 is 1. The van der Waals surface area contributed by atoms with Crippen molar-refractivity contribution in [1.82, 2.24) is 15.5 Å². The summed E-state index contributed by atoms with van der Waals surface area (Å²) in [4.78, 5) is 27.8. The molecule has 0 fully saturated rings. The molecule has 8 nitrogen and oxygen atoms in total. The van der Waals surface area contributed by atoms with E-state index >= 15 is 0 Å². The van der Waals surface area contributed by atoms with Crippen LogP contribution in [0.5, 0.6) is 0 Å². The quantitative estimate of drug-likeness (QED) is 0.820. The van der Waals surface area contributed by atoms with E-state index in [-0.39, 0.29) is 18.7 Å². The number of pyridine rings is 1. The zero-order chi connectivity index (χ0) is 16.3. The average Bonchev–Trinajstić information content (AvgIpc) is 2.83. The van der Waals surface area contributed by atoms with Crippen molar-refractivity contribution >= 4 is 23.0 Å². The predicted octanol–water partition coefficient (Wildman–Crippen LogP) is 1.06. The second kappa shape index (κ2) is 6.52. The van der Waals surface area contributed by atoms with E-state index in [0.717, 1.165) is 0 Å². The van der Waals surface area contributed by atoms with Gasteiger partial charge in [0.1, 0.15) is 6.04 Å². The molecule has 0 aliphatic rings.